The number of nitrogens with zero attached hydrogens (tertiary/aromatic N) is 3. The Hall–Kier alpha value is -2.87. The Kier molecular flexibility index (Phi) is 5.54. The fourth-order valence-electron chi connectivity index (χ4n) is 2.17. The summed E-state index contributed by atoms with van der Waals surface area (Å²) in [4.78, 5) is 26.9. The molecule has 0 spiro atoms. The zero-order chi connectivity index (χ0) is 16.2. The molecule has 0 aliphatic heterocycles. The van der Waals surface area contributed by atoms with Crippen molar-refractivity contribution in [2.24, 2.45) is 0 Å². The van der Waals surface area contributed by atoms with Gasteiger partial charge in [-0.15, -0.1) is 0 Å². The summed E-state index contributed by atoms with van der Waals surface area (Å²) < 4.78 is 6.80. The zero-order valence-corrected chi connectivity index (χ0v) is 13.9. The summed E-state index contributed by atoms with van der Waals surface area (Å²) in [7, 11) is 0. The van der Waals surface area contributed by atoms with Gasteiger partial charge in [0.05, 0.1) is 22.9 Å². The van der Waals surface area contributed by atoms with Crippen molar-refractivity contribution < 1.29 is 35.7 Å². The molecule has 0 fully saturated rings. The van der Waals surface area contributed by atoms with E-state index in [9.17, 15) is 14.9 Å². The van der Waals surface area contributed by atoms with Gasteiger partial charge in [-0.3, -0.25) is 14.9 Å². The summed E-state index contributed by atoms with van der Waals surface area (Å²) in [5, 5.41) is 11.0. The molecule has 0 atom stereocenters. The Morgan fingerprint density at radius 1 is 1.21 bits per heavy atom. The topological polar surface area (TPSA) is 90.1 Å². The van der Waals surface area contributed by atoms with Crippen LogP contribution in [0.4, 0.5) is 5.69 Å². The van der Waals surface area contributed by atoms with E-state index < -0.39 is 4.92 Å². The first-order valence-electron chi connectivity index (χ1n) is 6.81. The molecule has 0 aliphatic carbocycles. The minimum Gasteiger partial charge on any atom is -1.00 e. The van der Waals surface area contributed by atoms with Gasteiger partial charge in [-0.05, 0) is 23.2 Å². The van der Waals surface area contributed by atoms with Gasteiger partial charge in [0.1, 0.15) is 0 Å². The number of nitro groups is 1. The number of Topliss-reactive ketones (excluding diaryl/α,β-unsaturated/α-hetero) is 1. The number of benzene rings is 1. The molecule has 0 unspecified atom stereocenters. The maximum atomic E-state index is 12.3. The van der Waals surface area contributed by atoms with Crippen LogP contribution in [0.3, 0.4) is 0 Å². The van der Waals surface area contributed by atoms with E-state index in [4.69, 9.17) is 4.42 Å². The molecule has 0 radical (unpaired) electrons. The second-order valence-electron chi connectivity index (χ2n) is 4.79. The smallest absolute Gasteiger partial charge is 0.287 e. The number of hydrogen-bond donors (Lipinski definition) is 0. The Morgan fingerprint density at radius 3 is 2.62 bits per heavy atom. The number of ketones is 1. The molecule has 122 valence electrons. The van der Waals surface area contributed by atoms with Crippen LogP contribution >= 0.6 is 0 Å². The molecule has 8 heteroatoms. The molecule has 1 aromatic carbocycles. The molecular formula is C16H12BrN3O4. The highest BCUT2D eigenvalue weighted by Crippen LogP contribution is 2.18. The lowest BCUT2D eigenvalue weighted by atomic mass is 10.1. The molecule has 0 amide bonds. The van der Waals surface area contributed by atoms with E-state index >= 15 is 0 Å². The first-order valence-corrected chi connectivity index (χ1v) is 6.81. The number of furan rings is 1. The second kappa shape index (κ2) is 7.60. The molecule has 0 saturated carbocycles. The third-order valence-electron chi connectivity index (χ3n) is 3.27. The van der Waals surface area contributed by atoms with Crippen LogP contribution in [0.15, 0.2) is 65.7 Å². The molecule has 0 bridgehead atoms. The highest BCUT2D eigenvalue weighted by molar-refractivity contribution is 5.98. The monoisotopic (exact) mass is 389 g/mol. The van der Waals surface area contributed by atoms with Crippen molar-refractivity contribution in [1.82, 2.24) is 4.98 Å². The predicted octanol–water partition coefficient (Wildman–Crippen LogP) is -0.576. The molecule has 0 saturated heterocycles. The van der Waals surface area contributed by atoms with Gasteiger partial charge in [0.2, 0.25) is 11.5 Å². The summed E-state index contributed by atoms with van der Waals surface area (Å²) in [6.07, 6.45) is 4.72. The van der Waals surface area contributed by atoms with Crippen LogP contribution in [-0.4, -0.2) is 15.7 Å². The van der Waals surface area contributed by atoms with Gasteiger partial charge in [0, 0.05) is 12.1 Å². The average molecular weight is 390 g/mol. The van der Waals surface area contributed by atoms with Gasteiger partial charge in [0.25, 0.3) is 12.0 Å². The molecule has 24 heavy (non-hydrogen) atoms. The van der Waals surface area contributed by atoms with E-state index in [2.05, 4.69) is 4.98 Å². The van der Waals surface area contributed by atoms with Crippen molar-refractivity contribution in [3.63, 3.8) is 0 Å². The first kappa shape index (κ1) is 17.5. The largest absolute Gasteiger partial charge is 1.00 e. The van der Waals surface area contributed by atoms with E-state index in [1.54, 1.807) is 41.3 Å². The lowest BCUT2D eigenvalue weighted by Crippen LogP contribution is -3.00. The quantitative estimate of drug-likeness (QED) is 0.252. The van der Waals surface area contributed by atoms with E-state index in [1.165, 1.54) is 24.5 Å². The Labute approximate surface area is 147 Å². The molecule has 0 aliphatic rings. The van der Waals surface area contributed by atoms with Crippen molar-refractivity contribution in [2.45, 2.75) is 6.54 Å². The SMILES string of the molecule is O=C(C[n+]1ccc(-c2ccco2)nc1)c1ccccc1[N+](=O)[O-].[Br-]. The van der Waals surface area contributed by atoms with Gasteiger partial charge in [-0.2, -0.15) is 0 Å². The highest BCUT2D eigenvalue weighted by atomic mass is 79.9. The van der Waals surface area contributed by atoms with Crippen molar-refractivity contribution in [3.8, 4) is 11.5 Å². The molecule has 3 aromatic rings. The van der Waals surface area contributed by atoms with Crippen LogP contribution in [0.5, 0.6) is 0 Å². The van der Waals surface area contributed by atoms with E-state index in [0.717, 1.165) is 0 Å². The summed E-state index contributed by atoms with van der Waals surface area (Å²) in [6, 6.07) is 11.2. The van der Waals surface area contributed by atoms with Crippen molar-refractivity contribution in [2.75, 3.05) is 0 Å². The standard InChI is InChI=1S/C16H12N3O4.BrH/c20-15(12-4-1-2-5-14(12)19(21)22)10-18-8-7-13(17-11-18)16-6-3-9-23-16;/h1-9,11H,10H2;1H/q+1;/p-1. The number of aromatic nitrogens is 2. The Balaban J connectivity index is 0.00000208. The maximum Gasteiger partial charge on any atom is 0.287 e. The number of carbonyl (C=O) groups is 1. The van der Waals surface area contributed by atoms with Gasteiger partial charge in [0.15, 0.2) is 12.3 Å². The second-order valence-corrected chi connectivity index (χ2v) is 4.79. The molecule has 2 heterocycles. The lowest BCUT2D eigenvalue weighted by molar-refractivity contribution is -0.686. The zero-order valence-electron chi connectivity index (χ0n) is 12.3. The molecule has 7 nitrogen and oxygen atoms in total. The summed E-state index contributed by atoms with van der Waals surface area (Å²) in [6.45, 7) is -0.0315. The summed E-state index contributed by atoms with van der Waals surface area (Å²) in [5.41, 5.74) is 0.530. The molecular weight excluding hydrogens is 378 g/mol. The fourth-order valence-corrected chi connectivity index (χ4v) is 2.17. The fraction of sp³-hybridized carbons (Fsp3) is 0.0625. The van der Waals surface area contributed by atoms with Crippen molar-refractivity contribution in [3.05, 3.63) is 76.9 Å². The minimum atomic E-state index is -0.559. The highest BCUT2D eigenvalue weighted by Gasteiger charge is 2.21. The average Bonchev–Trinajstić information content (AvgIpc) is 3.10. The number of hydrogen-bond acceptors (Lipinski definition) is 5. The lowest BCUT2D eigenvalue weighted by Gasteiger charge is -2.01. The number of para-hydroxylation sites is 1. The van der Waals surface area contributed by atoms with Crippen molar-refractivity contribution in [1.29, 1.82) is 0 Å². The Morgan fingerprint density at radius 2 is 2.00 bits per heavy atom. The molecule has 3 rings (SSSR count). The number of carbonyl (C=O) groups excluding carboxylic acids is 1. The number of rotatable bonds is 5. The first-order chi connectivity index (χ1) is 11.1. The van der Waals surface area contributed by atoms with Crippen LogP contribution in [0.1, 0.15) is 10.4 Å². The van der Waals surface area contributed by atoms with Gasteiger partial charge < -0.3 is 21.4 Å². The number of halogens is 1. The minimum absolute atomic E-state index is 0. The maximum absolute atomic E-state index is 12.3. The third kappa shape index (κ3) is 3.72. The third-order valence-corrected chi connectivity index (χ3v) is 3.27. The van der Waals surface area contributed by atoms with Gasteiger partial charge >= 0.3 is 0 Å². The van der Waals surface area contributed by atoms with Crippen LogP contribution in [-0.2, 0) is 6.54 Å². The van der Waals surface area contributed by atoms with Crippen molar-refractivity contribution >= 4 is 11.5 Å². The number of nitro benzene ring substituents is 1. The Bertz CT molecular complexity index is 848. The normalized spacial score (nSPS) is 10.0. The molecule has 0 N–H and O–H groups in total. The predicted molar refractivity (Wildman–Crippen MR) is 79.6 cm³/mol. The van der Waals surface area contributed by atoms with Crippen LogP contribution < -0.4 is 21.5 Å². The van der Waals surface area contributed by atoms with Crippen LogP contribution in [0.2, 0.25) is 0 Å². The van der Waals surface area contributed by atoms with Crippen LogP contribution in [0.25, 0.3) is 11.5 Å². The summed E-state index contributed by atoms with van der Waals surface area (Å²) in [5.74, 6) is 0.275. The molecule has 2 aromatic heterocycles. The summed E-state index contributed by atoms with van der Waals surface area (Å²) >= 11 is 0. The van der Waals surface area contributed by atoms with Crippen LogP contribution in [0, 0.1) is 10.1 Å². The van der Waals surface area contributed by atoms with Gasteiger partial charge in [-0.25, -0.2) is 4.57 Å². The van der Waals surface area contributed by atoms with E-state index in [0.29, 0.717) is 11.5 Å². The van der Waals surface area contributed by atoms with E-state index in [-0.39, 0.29) is 40.6 Å². The van der Waals surface area contributed by atoms with E-state index in [1.807, 2.05) is 0 Å². The van der Waals surface area contributed by atoms with Gasteiger partial charge in [-0.1, -0.05) is 12.1 Å².